The minimum Gasteiger partial charge on any atom is -0.461 e. The number of H-pyrrole nitrogens is 1. The van der Waals surface area contributed by atoms with Crippen molar-refractivity contribution in [3.8, 4) is 11.6 Å². The van der Waals surface area contributed by atoms with Crippen molar-refractivity contribution in [1.82, 2.24) is 25.8 Å². The highest BCUT2D eigenvalue weighted by Crippen LogP contribution is 2.14. The fraction of sp³-hybridized carbons (Fsp3) is 0.312. The number of hydrogen-bond donors (Lipinski definition) is 3. The molecule has 3 heterocycles. The summed E-state index contributed by atoms with van der Waals surface area (Å²) in [6.45, 7) is 4.10. The average molecular weight is 344 g/mol. The van der Waals surface area contributed by atoms with Gasteiger partial charge in [0, 0.05) is 18.0 Å². The summed E-state index contributed by atoms with van der Waals surface area (Å²) in [5.74, 6) is 2.64. The highest BCUT2D eigenvalue weighted by molar-refractivity contribution is 7.09. The summed E-state index contributed by atoms with van der Waals surface area (Å²) in [7, 11) is 0. The first-order valence-electron chi connectivity index (χ1n) is 7.85. The van der Waals surface area contributed by atoms with Gasteiger partial charge in [-0.3, -0.25) is 5.10 Å². The molecule has 0 aliphatic rings. The van der Waals surface area contributed by atoms with E-state index < -0.39 is 0 Å². The summed E-state index contributed by atoms with van der Waals surface area (Å²) in [5, 5.41) is 15.7. The number of nitrogens with zero attached hydrogens (tertiary/aromatic N) is 3. The minimum absolute atomic E-state index is 0.419. The van der Waals surface area contributed by atoms with Crippen LogP contribution in [-0.4, -0.2) is 34.2 Å². The third-order valence-electron chi connectivity index (χ3n) is 3.25. The SMILES string of the molecule is CCNC(=NCc1nc(-c2ccco2)n[nH]1)NCCc1cccs1. The van der Waals surface area contributed by atoms with Gasteiger partial charge in [-0.05, 0) is 36.9 Å². The number of aliphatic imine (C=N–C) groups is 1. The molecule has 0 fully saturated rings. The lowest BCUT2D eigenvalue weighted by Crippen LogP contribution is -2.38. The highest BCUT2D eigenvalue weighted by atomic mass is 32.1. The number of furan rings is 1. The predicted molar refractivity (Wildman–Crippen MR) is 94.9 cm³/mol. The van der Waals surface area contributed by atoms with Gasteiger partial charge in [-0.25, -0.2) is 9.98 Å². The second-order valence-corrected chi connectivity index (χ2v) is 6.07. The number of aromatic amines is 1. The summed E-state index contributed by atoms with van der Waals surface area (Å²) < 4.78 is 5.28. The van der Waals surface area contributed by atoms with E-state index in [9.17, 15) is 0 Å². The Bertz CT molecular complexity index is 747. The molecule has 126 valence electrons. The molecule has 0 unspecified atom stereocenters. The van der Waals surface area contributed by atoms with E-state index in [-0.39, 0.29) is 0 Å². The van der Waals surface area contributed by atoms with Gasteiger partial charge in [-0.15, -0.1) is 16.4 Å². The minimum atomic E-state index is 0.419. The standard InChI is InChI=1S/C16H20N6OS/c1-2-17-16(18-8-7-12-5-4-10-24-12)19-11-14-20-15(22-21-14)13-6-3-9-23-13/h3-6,9-10H,2,7-8,11H2,1H3,(H2,17,18,19)(H,20,21,22). The van der Waals surface area contributed by atoms with Crippen LogP contribution in [0.3, 0.4) is 0 Å². The predicted octanol–water partition coefficient (Wildman–Crippen LogP) is 2.42. The van der Waals surface area contributed by atoms with Crippen molar-refractivity contribution in [3.63, 3.8) is 0 Å². The molecule has 0 spiro atoms. The Labute approximate surface area is 144 Å². The summed E-state index contributed by atoms with van der Waals surface area (Å²) in [5.41, 5.74) is 0. The van der Waals surface area contributed by atoms with Gasteiger partial charge in [0.05, 0.1) is 6.26 Å². The molecule has 0 bridgehead atoms. The van der Waals surface area contributed by atoms with Crippen LogP contribution in [0.5, 0.6) is 0 Å². The molecule has 3 N–H and O–H groups in total. The molecule has 0 amide bonds. The van der Waals surface area contributed by atoms with Gasteiger partial charge in [-0.1, -0.05) is 6.07 Å². The molecule has 0 aliphatic heterocycles. The van der Waals surface area contributed by atoms with Crippen molar-refractivity contribution in [1.29, 1.82) is 0 Å². The van der Waals surface area contributed by atoms with Crippen LogP contribution in [0, 0.1) is 0 Å². The smallest absolute Gasteiger partial charge is 0.216 e. The normalized spacial score (nSPS) is 11.6. The van der Waals surface area contributed by atoms with Crippen LogP contribution in [0.15, 0.2) is 45.3 Å². The van der Waals surface area contributed by atoms with Gasteiger partial charge in [0.15, 0.2) is 11.7 Å². The summed E-state index contributed by atoms with van der Waals surface area (Å²) in [6.07, 6.45) is 2.58. The molecular formula is C16H20N6OS. The summed E-state index contributed by atoms with van der Waals surface area (Å²) >= 11 is 1.77. The van der Waals surface area contributed by atoms with Gasteiger partial charge in [0.25, 0.3) is 0 Å². The van der Waals surface area contributed by atoms with Gasteiger partial charge < -0.3 is 15.1 Å². The maximum absolute atomic E-state index is 5.28. The molecule has 0 saturated heterocycles. The van der Waals surface area contributed by atoms with E-state index in [1.54, 1.807) is 17.6 Å². The average Bonchev–Trinajstić information content (AvgIpc) is 3.33. The largest absolute Gasteiger partial charge is 0.461 e. The van der Waals surface area contributed by atoms with Gasteiger partial charge in [-0.2, -0.15) is 0 Å². The topological polar surface area (TPSA) is 91.1 Å². The lowest BCUT2D eigenvalue weighted by molar-refractivity contribution is 0.577. The first kappa shape index (κ1) is 16.3. The monoisotopic (exact) mass is 344 g/mol. The molecule has 3 aromatic rings. The molecule has 0 radical (unpaired) electrons. The van der Waals surface area contributed by atoms with Gasteiger partial charge in [0.1, 0.15) is 12.4 Å². The number of nitrogens with one attached hydrogen (secondary N) is 3. The molecule has 7 nitrogen and oxygen atoms in total. The van der Waals surface area contributed by atoms with E-state index in [0.717, 1.165) is 25.5 Å². The molecule has 8 heteroatoms. The maximum atomic E-state index is 5.28. The number of aromatic nitrogens is 3. The van der Waals surface area contributed by atoms with Crippen LogP contribution in [0.2, 0.25) is 0 Å². The fourth-order valence-corrected chi connectivity index (χ4v) is 2.85. The lowest BCUT2D eigenvalue weighted by atomic mass is 10.3. The highest BCUT2D eigenvalue weighted by Gasteiger charge is 2.08. The van der Waals surface area contributed by atoms with Crippen molar-refractivity contribution in [2.24, 2.45) is 4.99 Å². The van der Waals surface area contributed by atoms with E-state index in [0.29, 0.717) is 24.0 Å². The Morgan fingerprint density at radius 2 is 2.29 bits per heavy atom. The van der Waals surface area contributed by atoms with Crippen LogP contribution in [0.25, 0.3) is 11.6 Å². The van der Waals surface area contributed by atoms with Crippen molar-refractivity contribution in [3.05, 3.63) is 46.6 Å². The number of rotatable bonds is 7. The van der Waals surface area contributed by atoms with Crippen molar-refractivity contribution < 1.29 is 4.42 Å². The van der Waals surface area contributed by atoms with E-state index >= 15 is 0 Å². The molecule has 3 aromatic heterocycles. The second-order valence-electron chi connectivity index (χ2n) is 5.03. The molecular weight excluding hydrogens is 324 g/mol. The van der Waals surface area contributed by atoms with E-state index in [2.05, 4.69) is 48.3 Å². The Kier molecular flexibility index (Phi) is 5.62. The first-order valence-corrected chi connectivity index (χ1v) is 8.73. The Morgan fingerprint density at radius 3 is 3.04 bits per heavy atom. The zero-order valence-electron chi connectivity index (χ0n) is 13.5. The first-order chi connectivity index (χ1) is 11.8. The summed E-state index contributed by atoms with van der Waals surface area (Å²) in [6, 6.07) is 7.84. The van der Waals surface area contributed by atoms with Gasteiger partial charge in [0.2, 0.25) is 5.82 Å². The van der Waals surface area contributed by atoms with Crippen LogP contribution < -0.4 is 10.6 Å². The maximum Gasteiger partial charge on any atom is 0.216 e. The Balaban J connectivity index is 1.55. The molecule has 0 atom stereocenters. The molecule has 0 aliphatic carbocycles. The van der Waals surface area contributed by atoms with Crippen LogP contribution in [0.4, 0.5) is 0 Å². The van der Waals surface area contributed by atoms with Crippen molar-refractivity contribution in [2.45, 2.75) is 19.9 Å². The van der Waals surface area contributed by atoms with Crippen molar-refractivity contribution >= 4 is 17.3 Å². The van der Waals surface area contributed by atoms with E-state index in [1.807, 2.05) is 19.1 Å². The number of hydrogen-bond acceptors (Lipinski definition) is 5. The second kappa shape index (κ2) is 8.30. The molecule has 3 rings (SSSR count). The lowest BCUT2D eigenvalue weighted by Gasteiger charge is -2.10. The summed E-state index contributed by atoms with van der Waals surface area (Å²) in [4.78, 5) is 10.3. The zero-order valence-corrected chi connectivity index (χ0v) is 14.3. The van der Waals surface area contributed by atoms with Crippen LogP contribution in [0.1, 0.15) is 17.6 Å². The van der Waals surface area contributed by atoms with E-state index in [4.69, 9.17) is 4.42 Å². The molecule has 24 heavy (non-hydrogen) atoms. The quantitative estimate of drug-likeness (QED) is 0.452. The third kappa shape index (κ3) is 4.45. The van der Waals surface area contributed by atoms with Crippen LogP contribution >= 0.6 is 11.3 Å². The number of guanidine groups is 1. The zero-order chi connectivity index (χ0) is 16.6. The Morgan fingerprint density at radius 1 is 1.33 bits per heavy atom. The van der Waals surface area contributed by atoms with Gasteiger partial charge >= 0.3 is 0 Å². The fourth-order valence-electron chi connectivity index (χ4n) is 2.14. The van der Waals surface area contributed by atoms with E-state index in [1.165, 1.54) is 4.88 Å². The van der Waals surface area contributed by atoms with Crippen molar-refractivity contribution in [2.75, 3.05) is 13.1 Å². The molecule has 0 saturated carbocycles. The van der Waals surface area contributed by atoms with Crippen LogP contribution in [-0.2, 0) is 13.0 Å². The third-order valence-corrected chi connectivity index (χ3v) is 4.18. The molecule has 0 aromatic carbocycles. The number of thiophene rings is 1. The Hall–Kier alpha value is -2.61.